The zero-order chi connectivity index (χ0) is 20.9. The highest BCUT2D eigenvalue weighted by molar-refractivity contribution is 7.91. The maximum atomic E-state index is 13.8. The number of aromatic amines is 1. The van der Waals surface area contributed by atoms with Crippen LogP contribution in [0.15, 0.2) is 54.7 Å². The minimum atomic E-state index is -3.69. The van der Waals surface area contributed by atoms with Gasteiger partial charge in [0.25, 0.3) is 0 Å². The number of hydrogen-bond donors (Lipinski definition) is 2. The van der Waals surface area contributed by atoms with E-state index in [9.17, 15) is 12.8 Å². The van der Waals surface area contributed by atoms with Crippen LogP contribution in [-0.2, 0) is 16.8 Å². The standard InChI is InChI=1S/C22H25FN4O2S/c1-16-13-22(15-25-30(28,29)27(22)20-4-2-3-19(23)12-20)8-10-26(16)14-17-5-6-21-18(11-17)7-9-24-21/h2-7,9,11-12,16,24-25H,8,10,13-15H2,1H3/t16-,22+/m0/s1. The molecule has 1 aromatic heterocycles. The maximum absolute atomic E-state index is 13.8. The SMILES string of the molecule is C[C@H]1C[C@]2(CCN1Cc1ccc3[nH]ccc3c1)CNS(=O)(=O)N2c1cccc(F)c1. The van der Waals surface area contributed by atoms with Crippen LogP contribution in [0.3, 0.4) is 0 Å². The van der Waals surface area contributed by atoms with Gasteiger partial charge in [-0.1, -0.05) is 12.1 Å². The first-order valence-corrected chi connectivity index (χ1v) is 11.7. The van der Waals surface area contributed by atoms with Crippen LogP contribution >= 0.6 is 0 Å². The van der Waals surface area contributed by atoms with Crippen LogP contribution < -0.4 is 9.03 Å². The Morgan fingerprint density at radius 1 is 1.20 bits per heavy atom. The Hall–Kier alpha value is -2.42. The van der Waals surface area contributed by atoms with E-state index in [1.807, 2.05) is 6.20 Å². The maximum Gasteiger partial charge on any atom is 0.302 e. The third-order valence-corrected chi connectivity index (χ3v) is 8.05. The Labute approximate surface area is 175 Å². The quantitative estimate of drug-likeness (QED) is 0.672. The van der Waals surface area contributed by atoms with Crippen molar-refractivity contribution in [2.24, 2.45) is 0 Å². The van der Waals surface area contributed by atoms with Gasteiger partial charge < -0.3 is 4.98 Å². The molecule has 2 atom stereocenters. The number of H-pyrrole nitrogens is 1. The monoisotopic (exact) mass is 428 g/mol. The highest BCUT2D eigenvalue weighted by Gasteiger charge is 2.52. The molecule has 2 N–H and O–H groups in total. The lowest BCUT2D eigenvalue weighted by Crippen LogP contribution is -2.57. The highest BCUT2D eigenvalue weighted by Crippen LogP contribution is 2.41. The van der Waals surface area contributed by atoms with Gasteiger partial charge in [-0.3, -0.25) is 9.21 Å². The molecule has 8 heteroatoms. The number of halogens is 1. The molecule has 5 rings (SSSR count). The second-order valence-electron chi connectivity index (χ2n) is 8.47. The topological polar surface area (TPSA) is 68.4 Å². The molecule has 1 spiro atoms. The largest absolute Gasteiger partial charge is 0.361 e. The van der Waals surface area contributed by atoms with Crippen LogP contribution in [0.2, 0.25) is 0 Å². The summed E-state index contributed by atoms with van der Waals surface area (Å²) in [6.07, 6.45) is 3.31. The molecule has 3 aromatic rings. The fourth-order valence-electron chi connectivity index (χ4n) is 5.00. The molecule has 2 fully saturated rings. The summed E-state index contributed by atoms with van der Waals surface area (Å²) in [4.78, 5) is 5.61. The number of anilines is 1. The van der Waals surface area contributed by atoms with Crippen LogP contribution in [0.25, 0.3) is 10.9 Å². The molecule has 2 aromatic carbocycles. The Morgan fingerprint density at radius 3 is 2.87 bits per heavy atom. The van der Waals surface area contributed by atoms with Gasteiger partial charge in [-0.15, -0.1) is 0 Å². The van der Waals surface area contributed by atoms with Gasteiger partial charge in [-0.2, -0.15) is 13.1 Å². The molecule has 0 aliphatic carbocycles. The Balaban J connectivity index is 1.39. The molecule has 158 valence electrons. The van der Waals surface area contributed by atoms with Crippen LogP contribution in [0.5, 0.6) is 0 Å². The molecule has 30 heavy (non-hydrogen) atoms. The van der Waals surface area contributed by atoms with Crippen LogP contribution in [-0.4, -0.2) is 43.0 Å². The van der Waals surface area contributed by atoms with Crippen LogP contribution in [0.4, 0.5) is 10.1 Å². The molecule has 0 unspecified atom stereocenters. The van der Waals surface area contributed by atoms with Crippen molar-refractivity contribution in [2.75, 3.05) is 17.4 Å². The molecule has 0 bridgehead atoms. The van der Waals surface area contributed by atoms with Gasteiger partial charge in [0, 0.05) is 37.4 Å². The van der Waals surface area contributed by atoms with E-state index in [1.54, 1.807) is 12.1 Å². The Kier molecular flexibility index (Phi) is 4.61. The first-order valence-electron chi connectivity index (χ1n) is 10.2. The van der Waals surface area contributed by atoms with Crippen molar-refractivity contribution < 1.29 is 12.8 Å². The van der Waals surface area contributed by atoms with Crippen LogP contribution in [0.1, 0.15) is 25.3 Å². The van der Waals surface area contributed by atoms with Crippen molar-refractivity contribution in [1.29, 1.82) is 0 Å². The summed E-state index contributed by atoms with van der Waals surface area (Å²) in [5.74, 6) is -0.435. The van der Waals surface area contributed by atoms with Gasteiger partial charge in [-0.25, -0.2) is 4.39 Å². The number of aromatic nitrogens is 1. The predicted molar refractivity (Wildman–Crippen MR) is 116 cm³/mol. The number of rotatable bonds is 3. The lowest BCUT2D eigenvalue weighted by Gasteiger charge is -2.47. The minimum Gasteiger partial charge on any atom is -0.361 e. The molecule has 6 nitrogen and oxygen atoms in total. The number of hydrogen-bond acceptors (Lipinski definition) is 3. The molecule has 2 saturated heterocycles. The minimum absolute atomic E-state index is 0.187. The first-order chi connectivity index (χ1) is 14.4. The van der Waals surface area contributed by atoms with Gasteiger partial charge in [0.05, 0.1) is 11.2 Å². The normalized spacial score (nSPS) is 26.6. The molecule has 0 saturated carbocycles. The lowest BCUT2D eigenvalue weighted by atomic mass is 9.83. The average molecular weight is 429 g/mol. The van der Waals surface area contributed by atoms with Gasteiger partial charge >= 0.3 is 10.2 Å². The van der Waals surface area contributed by atoms with Crippen molar-refractivity contribution in [2.45, 2.75) is 37.9 Å². The third kappa shape index (κ3) is 3.29. The van der Waals surface area contributed by atoms with Crippen molar-refractivity contribution in [3.05, 3.63) is 66.1 Å². The predicted octanol–water partition coefficient (Wildman–Crippen LogP) is 3.38. The van der Waals surface area contributed by atoms with Crippen molar-refractivity contribution in [3.63, 3.8) is 0 Å². The van der Waals surface area contributed by atoms with Gasteiger partial charge in [0.1, 0.15) is 5.82 Å². The lowest BCUT2D eigenvalue weighted by molar-refractivity contribution is 0.106. The number of nitrogens with one attached hydrogen (secondary N) is 2. The summed E-state index contributed by atoms with van der Waals surface area (Å²) in [5.41, 5.74) is 2.17. The highest BCUT2D eigenvalue weighted by atomic mass is 32.2. The smallest absolute Gasteiger partial charge is 0.302 e. The second-order valence-corrected chi connectivity index (χ2v) is 10.1. The van der Waals surface area contributed by atoms with E-state index in [4.69, 9.17) is 0 Å². The van der Waals surface area contributed by atoms with Gasteiger partial charge in [-0.05, 0) is 67.1 Å². The summed E-state index contributed by atoms with van der Waals surface area (Å²) in [6, 6.07) is 14.5. The average Bonchev–Trinajstić information content (AvgIpc) is 3.26. The summed E-state index contributed by atoms with van der Waals surface area (Å²) >= 11 is 0. The summed E-state index contributed by atoms with van der Waals surface area (Å²) in [7, 11) is -3.69. The van der Waals surface area contributed by atoms with Crippen molar-refractivity contribution >= 4 is 26.8 Å². The zero-order valence-electron chi connectivity index (χ0n) is 16.8. The number of nitrogens with zero attached hydrogens (tertiary/aromatic N) is 2. The molecule has 2 aliphatic heterocycles. The molecule has 0 radical (unpaired) electrons. The summed E-state index contributed by atoms with van der Waals surface area (Å²) in [5, 5.41) is 1.19. The Bertz CT molecular complexity index is 1190. The van der Waals surface area contributed by atoms with Crippen molar-refractivity contribution in [3.8, 4) is 0 Å². The summed E-state index contributed by atoms with van der Waals surface area (Å²) < 4.78 is 43.5. The van der Waals surface area contributed by atoms with E-state index in [1.165, 1.54) is 27.4 Å². The fraction of sp³-hybridized carbons (Fsp3) is 0.364. The number of benzene rings is 2. The first kappa shape index (κ1) is 19.5. The molecule has 0 amide bonds. The van der Waals surface area contributed by atoms with E-state index in [2.05, 4.69) is 45.8 Å². The third-order valence-electron chi connectivity index (χ3n) is 6.46. The van der Waals surface area contributed by atoms with E-state index in [0.717, 1.165) is 18.6 Å². The molecule has 3 heterocycles. The number of likely N-dealkylation sites (tertiary alicyclic amines) is 1. The molecule has 2 aliphatic rings. The molecular weight excluding hydrogens is 403 g/mol. The van der Waals surface area contributed by atoms with Gasteiger partial charge in [0.2, 0.25) is 0 Å². The second kappa shape index (κ2) is 7.08. The van der Waals surface area contributed by atoms with Crippen molar-refractivity contribution in [1.82, 2.24) is 14.6 Å². The van der Waals surface area contributed by atoms with Crippen LogP contribution in [0, 0.1) is 5.82 Å². The number of fused-ring (bicyclic) bond motifs is 1. The van der Waals surface area contributed by atoms with E-state index >= 15 is 0 Å². The summed E-state index contributed by atoms with van der Waals surface area (Å²) in [6.45, 7) is 4.08. The zero-order valence-corrected chi connectivity index (χ0v) is 17.6. The van der Waals surface area contributed by atoms with E-state index in [0.29, 0.717) is 25.1 Å². The van der Waals surface area contributed by atoms with E-state index in [-0.39, 0.29) is 6.04 Å². The molecular formula is C22H25FN4O2S. The number of piperidine rings is 1. The van der Waals surface area contributed by atoms with Gasteiger partial charge in [0.15, 0.2) is 0 Å². The fourth-order valence-corrected chi connectivity index (χ4v) is 6.71. The van der Waals surface area contributed by atoms with E-state index < -0.39 is 21.6 Å². The Morgan fingerprint density at radius 2 is 2.07 bits per heavy atom.